The van der Waals surface area contributed by atoms with Crippen molar-refractivity contribution in [3.05, 3.63) is 40.4 Å². The van der Waals surface area contributed by atoms with Crippen LogP contribution in [-0.4, -0.2) is 17.3 Å². The Morgan fingerprint density at radius 1 is 1.12 bits per heavy atom. The molecule has 0 unspecified atom stereocenters. The molecule has 2 rings (SSSR count). The third-order valence-corrected chi connectivity index (χ3v) is 2.63. The molecule has 2 aromatic rings. The quantitative estimate of drug-likeness (QED) is 0.838. The molecule has 0 radical (unpaired) electrons. The van der Waals surface area contributed by atoms with Gasteiger partial charge in [0.1, 0.15) is 11.6 Å². The first-order valence-electron chi connectivity index (χ1n) is 4.64. The van der Waals surface area contributed by atoms with Crippen molar-refractivity contribution >= 4 is 23.2 Å². The maximum Gasteiger partial charge on any atom is 0.159 e. The number of ether oxygens (including phenoxy) is 1. The summed E-state index contributed by atoms with van der Waals surface area (Å²) in [4.78, 5) is 0. The van der Waals surface area contributed by atoms with Gasteiger partial charge in [-0.1, -0.05) is 23.2 Å². The van der Waals surface area contributed by atoms with Crippen molar-refractivity contribution in [1.82, 2.24) is 10.2 Å². The van der Waals surface area contributed by atoms with Gasteiger partial charge in [-0.3, -0.25) is 0 Å². The normalized spacial score (nSPS) is 10.4. The monoisotopic (exact) mass is 272 g/mol. The third-order valence-electron chi connectivity index (χ3n) is 2.17. The second-order valence-corrected chi connectivity index (χ2v) is 3.96. The molecule has 0 aliphatic carbocycles. The van der Waals surface area contributed by atoms with Gasteiger partial charge < -0.3 is 4.74 Å². The van der Waals surface area contributed by atoms with Gasteiger partial charge in [0, 0.05) is 11.1 Å². The number of hydrogen-bond donors (Lipinski definition) is 0. The fourth-order valence-corrected chi connectivity index (χ4v) is 1.77. The molecule has 1 heterocycles. The Kier molecular flexibility index (Phi) is 3.45. The highest BCUT2D eigenvalue weighted by atomic mass is 35.5. The molecule has 1 aromatic heterocycles. The van der Waals surface area contributed by atoms with Crippen LogP contribution < -0.4 is 4.74 Å². The molecule has 0 fully saturated rings. The van der Waals surface area contributed by atoms with E-state index in [1.54, 1.807) is 0 Å². The lowest BCUT2D eigenvalue weighted by Gasteiger charge is -2.09. The van der Waals surface area contributed by atoms with Crippen molar-refractivity contribution in [2.24, 2.45) is 0 Å². The summed E-state index contributed by atoms with van der Waals surface area (Å²) >= 11 is 11.6. The van der Waals surface area contributed by atoms with Crippen LogP contribution in [0.1, 0.15) is 0 Å². The standard InChI is InChI=1S/C11H7Cl2FN2O/c1-17-9-3-2-6(14)4-7(9)8-5-10(12)15-16-11(8)13/h2-5H,1H3. The van der Waals surface area contributed by atoms with Crippen LogP contribution in [0.15, 0.2) is 24.3 Å². The molecule has 88 valence electrons. The zero-order valence-electron chi connectivity index (χ0n) is 8.75. The Morgan fingerprint density at radius 3 is 2.59 bits per heavy atom. The van der Waals surface area contributed by atoms with Crippen molar-refractivity contribution in [1.29, 1.82) is 0 Å². The summed E-state index contributed by atoms with van der Waals surface area (Å²) in [6.45, 7) is 0. The van der Waals surface area contributed by atoms with Gasteiger partial charge in [0.05, 0.1) is 7.11 Å². The van der Waals surface area contributed by atoms with Crippen molar-refractivity contribution in [3.8, 4) is 16.9 Å². The first kappa shape index (κ1) is 12.1. The fourth-order valence-electron chi connectivity index (χ4n) is 1.43. The number of rotatable bonds is 2. The van der Waals surface area contributed by atoms with E-state index in [-0.39, 0.29) is 10.3 Å². The Bertz CT molecular complexity index is 563. The van der Waals surface area contributed by atoms with Crippen LogP contribution in [0.3, 0.4) is 0 Å². The molecule has 0 amide bonds. The molecule has 0 aliphatic rings. The number of benzene rings is 1. The van der Waals surface area contributed by atoms with E-state index >= 15 is 0 Å². The lowest BCUT2D eigenvalue weighted by atomic mass is 10.1. The van der Waals surface area contributed by atoms with Crippen LogP contribution in [0.5, 0.6) is 5.75 Å². The molecule has 0 N–H and O–H groups in total. The van der Waals surface area contributed by atoms with E-state index in [1.165, 1.54) is 31.4 Å². The Hall–Kier alpha value is -1.39. The van der Waals surface area contributed by atoms with Crippen molar-refractivity contribution in [2.75, 3.05) is 7.11 Å². The highest BCUT2D eigenvalue weighted by molar-refractivity contribution is 6.33. The van der Waals surface area contributed by atoms with Gasteiger partial charge in [-0.2, -0.15) is 0 Å². The summed E-state index contributed by atoms with van der Waals surface area (Å²) in [6, 6.07) is 5.62. The summed E-state index contributed by atoms with van der Waals surface area (Å²) < 4.78 is 18.4. The largest absolute Gasteiger partial charge is 0.496 e. The SMILES string of the molecule is COc1ccc(F)cc1-c1cc(Cl)nnc1Cl. The predicted molar refractivity (Wildman–Crippen MR) is 64.0 cm³/mol. The lowest BCUT2D eigenvalue weighted by Crippen LogP contribution is -1.93. The fraction of sp³-hybridized carbons (Fsp3) is 0.0909. The first-order valence-corrected chi connectivity index (χ1v) is 5.40. The molecule has 6 heteroatoms. The summed E-state index contributed by atoms with van der Waals surface area (Å²) in [5.41, 5.74) is 0.956. The van der Waals surface area contributed by atoms with Gasteiger partial charge in [0.25, 0.3) is 0 Å². The van der Waals surface area contributed by atoms with Gasteiger partial charge in [0.15, 0.2) is 10.3 Å². The van der Waals surface area contributed by atoms with Crippen LogP contribution in [0.25, 0.3) is 11.1 Å². The summed E-state index contributed by atoms with van der Waals surface area (Å²) in [7, 11) is 1.49. The van der Waals surface area contributed by atoms with E-state index in [0.29, 0.717) is 16.9 Å². The molecule has 0 saturated heterocycles. The number of nitrogens with zero attached hydrogens (tertiary/aromatic N) is 2. The minimum Gasteiger partial charge on any atom is -0.496 e. The molecule has 0 saturated carbocycles. The average Bonchev–Trinajstić information content (AvgIpc) is 2.32. The van der Waals surface area contributed by atoms with Gasteiger partial charge in [-0.25, -0.2) is 4.39 Å². The molecule has 0 spiro atoms. The van der Waals surface area contributed by atoms with Crippen molar-refractivity contribution < 1.29 is 9.13 Å². The minimum atomic E-state index is -0.398. The van der Waals surface area contributed by atoms with Crippen LogP contribution in [-0.2, 0) is 0 Å². The smallest absolute Gasteiger partial charge is 0.159 e. The highest BCUT2D eigenvalue weighted by Gasteiger charge is 2.13. The first-order chi connectivity index (χ1) is 8.11. The van der Waals surface area contributed by atoms with Crippen molar-refractivity contribution in [2.45, 2.75) is 0 Å². The molecule has 0 atom stereocenters. The van der Waals surface area contributed by atoms with E-state index in [4.69, 9.17) is 27.9 Å². The highest BCUT2D eigenvalue weighted by Crippen LogP contribution is 2.34. The topological polar surface area (TPSA) is 35.0 Å². The maximum absolute atomic E-state index is 13.2. The summed E-state index contributed by atoms with van der Waals surface area (Å²) in [6.07, 6.45) is 0. The lowest BCUT2D eigenvalue weighted by molar-refractivity contribution is 0.415. The van der Waals surface area contributed by atoms with Crippen LogP contribution >= 0.6 is 23.2 Å². The summed E-state index contributed by atoms with van der Waals surface area (Å²) in [5, 5.41) is 7.57. The third kappa shape index (κ3) is 2.48. The second kappa shape index (κ2) is 4.85. The maximum atomic E-state index is 13.2. The van der Waals surface area contributed by atoms with E-state index in [0.717, 1.165) is 0 Å². The van der Waals surface area contributed by atoms with Gasteiger partial charge >= 0.3 is 0 Å². The second-order valence-electron chi connectivity index (χ2n) is 3.22. The molecule has 3 nitrogen and oxygen atoms in total. The molecule has 0 aliphatic heterocycles. The molecule has 0 bridgehead atoms. The van der Waals surface area contributed by atoms with Crippen molar-refractivity contribution in [3.63, 3.8) is 0 Å². The molecule has 17 heavy (non-hydrogen) atoms. The van der Waals surface area contributed by atoms with Crippen LogP contribution in [0, 0.1) is 5.82 Å². The average molecular weight is 273 g/mol. The number of hydrogen-bond acceptors (Lipinski definition) is 3. The van der Waals surface area contributed by atoms with E-state index in [1.807, 2.05) is 0 Å². The van der Waals surface area contributed by atoms with Crippen LogP contribution in [0.4, 0.5) is 4.39 Å². The van der Waals surface area contributed by atoms with Gasteiger partial charge in [-0.15, -0.1) is 10.2 Å². The number of halogens is 3. The molecule has 1 aromatic carbocycles. The van der Waals surface area contributed by atoms with E-state index < -0.39 is 5.82 Å². The zero-order chi connectivity index (χ0) is 12.4. The Morgan fingerprint density at radius 2 is 1.88 bits per heavy atom. The van der Waals surface area contributed by atoms with Gasteiger partial charge in [-0.05, 0) is 24.3 Å². The molecular weight excluding hydrogens is 266 g/mol. The predicted octanol–water partition coefficient (Wildman–Crippen LogP) is 3.60. The number of aromatic nitrogens is 2. The Balaban J connectivity index is 2.66. The minimum absolute atomic E-state index is 0.137. The van der Waals surface area contributed by atoms with Gasteiger partial charge in [0.2, 0.25) is 0 Å². The van der Waals surface area contributed by atoms with Crippen LogP contribution in [0.2, 0.25) is 10.3 Å². The van der Waals surface area contributed by atoms with E-state index in [9.17, 15) is 4.39 Å². The Labute approximate surface area is 107 Å². The molecular formula is C11H7Cl2FN2O. The van der Waals surface area contributed by atoms with E-state index in [2.05, 4.69) is 10.2 Å². The number of methoxy groups -OCH3 is 1. The zero-order valence-corrected chi connectivity index (χ0v) is 10.3. The summed E-state index contributed by atoms with van der Waals surface area (Å²) in [5.74, 6) is 0.0853.